The summed E-state index contributed by atoms with van der Waals surface area (Å²) in [4.78, 5) is 37.6. The lowest BCUT2D eigenvalue weighted by molar-refractivity contribution is -0.385. The third kappa shape index (κ3) is 3.12. The van der Waals surface area contributed by atoms with Crippen molar-refractivity contribution in [2.24, 2.45) is 0 Å². The topological polar surface area (TPSA) is 110 Å². The molecule has 2 N–H and O–H groups in total. The zero-order valence-electron chi connectivity index (χ0n) is 14.1. The molecule has 0 saturated carbocycles. The van der Waals surface area contributed by atoms with Crippen molar-refractivity contribution in [3.05, 3.63) is 86.1 Å². The number of benzene rings is 2. The lowest BCUT2D eigenvalue weighted by atomic mass is 10.1. The minimum Gasteiger partial charge on any atom is -0.320 e. The van der Waals surface area contributed by atoms with Crippen molar-refractivity contribution in [1.82, 2.24) is 9.55 Å². The molecule has 0 atom stereocenters. The van der Waals surface area contributed by atoms with Crippen molar-refractivity contribution < 1.29 is 9.72 Å². The molecule has 0 aliphatic heterocycles. The lowest BCUT2D eigenvalue weighted by Gasteiger charge is -2.12. The van der Waals surface area contributed by atoms with Gasteiger partial charge in [0, 0.05) is 29.1 Å². The molecule has 0 fully saturated rings. The number of imidazole rings is 1. The summed E-state index contributed by atoms with van der Waals surface area (Å²) in [6.07, 6.45) is 1.58. The summed E-state index contributed by atoms with van der Waals surface area (Å²) in [5.74, 6) is -0.420. The highest BCUT2D eigenvalue weighted by atomic mass is 16.6. The molecule has 0 unspecified atom stereocenters. The van der Waals surface area contributed by atoms with Crippen LogP contribution in [0.2, 0.25) is 0 Å². The molecule has 1 amide bonds. The first kappa shape index (κ1) is 17.2. The Bertz CT molecular complexity index is 1070. The first-order chi connectivity index (χ1) is 12.4. The van der Waals surface area contributed by atoms with E-state index >= 15 is 0 Å². The normalized spacial score (nSPS) is 10.5. The quantitative estimate of drug-likeness (QED) is 0.555. The van der Waals surface area contributed by atoms with Gasteiger partial charge in [0.25, 0.3) is 11.6 Å². The molecule has 0 aliphatic rings. The maximum atomic E-state index is 12.6. The lowest BCUT2D eigenvalue weighted by Crippen LogP contribution is -2.19. The summed E-state index contributed by atoms with van der Waals surface area (Å²) in [6, 6.07) is 11.1. The van der Waals surface area contributed by atoms with Crippen LogP contribution < -0.4 is 11.0 Å². The molecule has 0 radical (unpaired) electrons. The second kappa shape index (κ2) is 6.67. The summed E-state index contributed by atoms with van der Waals surface area (Å²) < 4.78 is 1.46. The highest BCUT2D eigenvalue weighted by molar-refractivity contribution is 6.05. The van der Waals surface area contributed by atoms with Crippen LogP contribution in [0.3, 0.4) is 0 Å². The maximum Gasteiger partial charge on any atom is 0.330 e. The number of nitrogens with one attached hydrogen (secondary N) is 2. The average Bonchev–Trinajstić information content (AvgIpc) is 2.93. The van der Waals surface area contributed by atoms with Gasteiger partial charge in [0.1, 0.15) is 0 Å². The van der Waals surface area contributed by atoms with Crippen molar-refractivity contribution in [3.63, 3.8) is 0 Å². The average molecular weight is 352 g/mol. The summed E-state index contributed by atoms with van der Waals surface area (Å²) >= 11 is 0. The molecular weight excluding hydrogens is 336 g/mol. The number of nitro groups is 1. The van der Waals surface area contributed by atoms with Crippen molar-refractivity contribution in [2.75, 3.05) is 5.32 Å². The third-order valence-corrected chi connectivity index (χ3v) is 4.01. The fourth-order valence-corrected chi connectivity index (χ4v) is 2.73. The van der Waals surface area contributed by atoms with Crippen LogP contribution in [-0.4, -0.2) is 20.4 Å². The van der Waals surface area contributed by atoms with Gasteiger partial charge in [-0.25, -0.2) is 4.79 Å². The van der Waals surface area contributed by atoms with Crippen LogP contribution in [0.15, 0.2) is 53.5 Å². The Morgan fingerprint density at radius 2 is 1.92 bits per heavy atom. The molecule has 26 heavy (non-hydrogen) atoms. The van der Waals surface area contributed by atoms with Gasteiger partial charge in [-0.1, -0.05) is 12.1 Å². The smallest absolute Gasteiger partial charge is 0.320 e. The number of aromatic amines is 1. The molecule has 0 saturated heterocycles. The van der Waals surface area contributed by atoms with E-state index in [1.807, 2.05) is 0 Å². The minimum absolute atomic E-state index is 0.0450. The number of nitrogens with zero attached hydrogens (tertiary/aromatic N) is 2. The van der Waals surface area contributed by atoms with Crippen LogP contribution in [-0.2, 0) is 0 Å². The maximum absolute atomic E-state index is 12.6. The van der Waals surface area contributed by atoms with E-state index in [-0.39, 0.29) is 11.4 Å². The van der Waals surface area contributed by atoms with Crippen molar-refractivity contribution in [2.45, 2.75) is 13.8 Å². The number of para-hydroxylation sites is 2. The first-order valence-electron chi connectivity index (χ1n) is 7.81. The van der Waals surface area contributed by atoms with E-state index in [2.05, 4.69) is 10.3 Å². The number of aromatic nitrogens is 2. The van der Waals surface area contributed by atoms with Gasteiger partial charge in [-0.3, -0.25) is 19.5 Å². The standard InChI is InChI=1S/C18H16N4O4/c1-11-9-13(7-8-15(11)22(25)26)17(23)20-14-5-3-4-6-16(14)21-12(2)10-19-18(21)24/h3-10H,1-2H3,(H,19,24)(H,20,23). The Balaban J connectivity index is 1.95. The number of hydrogen-bond acceptors (Lipinski definition) is 4. The van der Waals surface area contributed by atoms with E-state index in [4.69, 9.17) is 0 Å². The van der Waals surface area contributed by atoms with Crippen LogP contribution >= 0.6 is 0 Å². The number of carbonyl (C=O) groups is 1. The van der Waals surface area contributed by atoms with Crippen LogP contribution in [0.5, 0.6) is 0 Å². The van der Waals surface area contributed by atoms with Crippen molar-refractivity contribution >= 4 is 17.3 Å². The summed E-state index contributed by atoms with van der Waals surface area (Å²) in [7, 11) is 0. The number of aryl methyl sites for hydroxylation is 2. The van der Waals surface area contributed by atoms with Gasteiger partial charge in [-0.15, -0.1) is 0 Å². The molecule has 3 rings (SSSR count). The summed E-state index contributed by atoms with van der Waals surface area (Å²) in [5, 5.41) is 13.7. The fourth-order valence-electron chi connectivity index (χ4n) is 2.73. The Kier molecular flexibility index (Phi) is 4.40. The molecule has 1 heterocycles. The molecule has 0 spiro atoms. The molecular formula is C18H16N4O4. The number of amides is 1. The first-order valence-corrected chi connectivity index (χ1v) is 7.81. The van der Waals surface area contributed by atoms with Crippen molar-refractivity contribution in [1.29, 1.82) is 0 Å². The third-order valence-electron chi connectivity index (χ3n) is 4.01. The van der Waals surface area contributed by atoms with E-state index in [9.17, 15) is 19.7 Å². The van der Waals surface area contributed by atoms with Crippen LogP contribution in [0, 0.1) is 24.0 Å². The SMILES string of the molecule is Cc1cc(C(=O)Nc2ccccc2-n2c(C)c[nH]c2=O)ccc1[N+](=O)[O-]. The van der Waals surface area contributed by atoms with Gasteiger partial charge in [0.2, 0.25) is 0 Å². The Labute approximate surface area is 148 Å². The highest BCUT2D eigenvalue weighted by Gasteiger charge is 2.16. The predicted octanol–water partition coefficient (Wildman–Crippen LogP) is 2.94. The molecule has 0 bridgehead atoms. The van der Waals surface area contributed by atoms with Crippen LogP contribution in [0.1, 0.15) is 21.6 Å². The Morgan fingerprint density at radius 3 is 2.54 bits per heavy atom. The van der Waals surface area contributed by atoms with Gasteiger partial charge >= 0.3 is 5.69 Å². The zero-order chi connectivity index (χ0) is 18.8. The van der Waals surface area contributed by atoms with E-state index < -0.39 is 10.8 Å². The summed E-state index contributed by atoms with van der Waals surface area (Å²) in [6.45, 7) is 3.35. The molecule has 2 aromatic carbocycles. The van der Waals surface area contributed by atoms with Gasteiger partial charge in [-0.05, 0) is 38.1 Å². The van der Waals surface area contributed by atoms with E-state index in [1.54, 1.807) is 44.3 Å². The van der Waals surface area contributed by atoms with Crippen molar-refractivity contribution in [3.8, 4) is 5.69 Å². The molecule has 132 valence electrons. The number of carbonyl (C=O) groups excluding carboxylic acids is 1. The highest BCUT2D eigenvalue weighted by Crippen LogP contribution is 2.23. The van der Waals surface area contributed by atoms with E-state index in [0.29, 0.717) is 28.2 Å². The largest absolute Gasteiger partial charge is 0.330 e. The Hall–Kier alpha value is -3.68. The molecule has 1 aromatic heterocycles. The zero-order valence-corrected chi connectivity index (χ0v) is 14.1. The second-order valence-electron chi connectivity index (χ2n) is 5.80. The van der Waals surface area contributed by atoms with Gasteiger partial charge in [0.15, 0.2) is 0 Å². The Morgan fingerprint density at radius 1 is 1.19 bits per heavy atom. The van der Waals surface area contributed by atoms with Crippen LogP contribution in [0.4, 0.5) is 11.4 Å². The molecule has 3 aromatic rings. The number of anilines is 1. The fraction of sp³-hybridized carbons (Fsp3) is 0.111. The molecule has 8 nitrogen and oxygen atoms in total. The minimum atomic E-state index is -0.493. The molecule has 0 aliphatic carbocycles. The monoisotopic (exact) mass is 352 g/mol. The number of rotatable bonds is 4. The number of H-pyrrole nitrogens is 1. The van der Waals surface area contributed by atoms with Gasteiger partial charge < -0.3 is 10.3 Å². The van der Waals surface area contributed by atoms with Gasteiger partial charge in [-0.2, -0.15) is 0 Å². The van der Waals surface area contributed by atoms with Crippen LogP contribution in [0.25, 0.3) is 5.69 Å². The second-order valence-corrected chi connectivity index (χ2v) is 5.80. The van der Waals surface area contributed by atoms with E-state index in [0.717, 1.165) is 0 Å². The number of hydrogen-bond donors (Lipinski definition) is 2. The predicted molar refractivity (Wildman–Crippen MR) is 96.9 cm³/mol. The number of nitro benzene ring substituents is 1. The van der Waals surface area contributed by atoms with E-state index in [1.165, 1.54) is 22.8 Å². The molecule has 8 heteroatoms. The van der Waals surface area contributed by atoms with Gasteiger partial charge in [0.05, 0.1) is 16.3 Å². The summed E-state index contributed by atoms with van der Waals surface area (Å²) in [5.41, 5.74) is 2.02.